The third kappa shape index (κ3) is 6.84. The second-order valence-electron chi connectivity index (χ2n) is 15.7. The quantitative estimate of drug-likeness (QED) is 0.141. The van der Waals surface area contributed by atoms with Crippen LogP contribution in [-0.2, 0) is 0 Å². The number of rotatable bonds is 9. The topological polar surface area (TPSA) is 8.17 Å². The molecule has 0 bridgehead atoms. The van der Waals surface area contributed by atoms with Crippen molar-refractivity contribution in [1.82, 2.24) is 4.57 Å². The molecule has 1 heterocycles. The van der Waals surface area contributed by atoms with Crippen LogP contribution in [0.3, 0.4) is 0 Å². The smallest absolute Gasteiger partial charge is 0.0562 e. The second kappa shape index (κ2) is 16.1. The molecule has 62 heavy (non-hydrogen) atoms. The Kier molecular flexibility index (Phi) is 9.57. The van der Waals surface area contributed by atoms with Gasteiger partial charge in [0.25, 0.3) is 0 Å². The molecule has 10 aromatic carbocycles. The average Bonchev–Trinajstić information content (AvgIpc) is 3.69. The first-order valence-corrected chi connectivity index (χ1v) is 21.3. The van der Waals surface area contributed by atoms with E-state index in [1.807, 2.05) is 0 Å². The third-order valence-corrected chi connectivity index (χ3v) is 12.0. The van der Waals surface area contributed by atoms with Crippen LogP contribution >= 0.6 is 0 Å². The lowest BCUT2D eigenvalue weighted by atomic mass is 9.92. The van der Waals surface area contributed by atoms with E-state index in [2.05, 4.69) is 264 Å². The van der Waals surface area contributed by atoms with E-state index in [-0.39, 0.29) is 0 Å². The van der Waals surface area contributed by atoms with Crippen LogP contribution in [0.15, 0.2) is 255 Å². The Morgan fingerprint density at radius 3 is 1.32 bits per heavy atom. The maximum Gasteiger partial charge on any atom is 0.0562 e. The van der Waals surface area contributed by atoms with Gasteiger partial charge in [0.05, 0.1) is 16.7 Å². The van der Waals surface area contributed by atoms with E-state index in [0.717, 1.165) is 28.3 Å². The van der Waals surface area contributed by atoms with Crippen molar-refractivity contribution in [3.8, 4) is 61.3 Å². The molecule has 0 aliphatic rings. The molecule has 0 radical (unpaired) electrons. The van der Waals surface area contributed by atoms with Crippen molar-refractivity contribution in [2.45, 2.75) is 0 Å². The molecule has 0 aliphatic heterocycles. The molecule has 292 valence electrons. The summed E-state index contributed by atoms with van der Waals surface area (Å²) < 4.78 is 2.45. The molecule has 0 N–H and O–H groups in total. The molecular weight excluding hydrogens is 749 g/mol. The zero-order valence-corrected chi connectivity index (χ0v) is 34.1. The zero-order valence-electron chi connectivity index (χ0n) is 34.1. The number of hydrogen-bond donors (Lipinski definition) is 0. The van der Waals surface area contributed by atoms with Crippen molar-refractivity contribution in [3.05, 3.63) is 255 Å². The lowest BCUT2D eigenvalue weighted by Crippen LogP contribution is -2.10. The van der Waals surface area contributed by atoms with Gasteiger partial charge in [-0.1, -0.05) is 206 Å². The fourth-order valence-electron chi connectivity index (χ4n) is 9.02. The number of anilines is 3. The predicted molar refractivity (Wildman–Crippen MR) is 263 cm³/mol. The number of benzene rings is 10. The van der Waals surface area contributed by atoms with Crippen molar-refractivity contribution >= 4 is 38.9 Å². The minimum absolute atomic E-state index is 1.08. The molecule has 0 unspecified atom stereocenters. The summed E-state index contributed by atoms with van der Waals surface area (Å²) >= 11 is 0. The SMILES string of the molecule is c1ccc(-c2ccc(-c3ccc(N(c4ccccc4)c4ccc5c6ccccc6n(-c6ccccc6-c6ccc(-c7ccccc7)cc6)c5c4)cc3-c3ccccc3)cc2)cc1. The molecule has 0 saturated heterocycles. The Balaban J connectivity index is 1.07. The molecule has 0 atom stereocenters. The monoisotopic (exact) mass is 790 g/mol. The fourth-order valence-corrected chi connectivity index (χ4v) is 9.02. The number of hydrogen-bond acceptors (Lipinski definition) is 1. The van der Waals surface area contributed by atoms with Crippen molar-refractivity contribution in [2.24, 2.45) is 0 Å². The standard InChI is InChI=1S/C60H42N2/c1-5-17-43(18-6-1)45-29-33-48(34-30-45)53-39-37-51(41-57(53)47-21-9-3-10-22-47)61(50-23-11-4-12-24-50)52-38-40-56-55-26-14-16-28-59(55)62(60(56)42-52)58-27-15-13-25-54(58)49-35-31-46(32-36-49)44-19-7-2-8-20-44/h1-42H. The Morgan fingerprint density at radius 1 is 0.242 bits per heavy atom. The first-order chi connectivity index (χ1) is 30.8. The van der Waals surface area contributed by atoms with Gasteiger partial charge in [-0.05, 0) is 98.6 Å². The molecule has 11 rings (SSSR count). The average molecular weight is 791 g/mol. The van der Waals surface area contributed by atoms with Crippen molar-refractivity contribution < 1.29 is 0 Å². The van der Waals surface area contributed by atoms with E-state index in [0.29, 0.717) is 0 Å². The van der Waals surface area contributed by atoms with Gasteiger partial charge in [0.15, 0.2) is 0 Å². The summed E-state index contributed by atoms with van der Waals surface area (Å²) in [5.41, 5.74) is 18.7. The summed E-state index contributed by atoms with van der Waals surface area (Å²) in [6.45, 7) is 0. The Morgan fingerprint density at radius 2 is 0.677 bits per heavy atom. The molecule has 0 saturated carbocycles. The molecule has 11 aromatic rings. The highest BCUT2D eigenvalue weighted by atomic mass is 15.1. The van der Waals surface area contributed by atoms with E-state index in [4.69, 9.17) is 0 Å². The van der Waals surface area contributed by atoms with E-state index in [9.17, 15) is 0 Å². The largest absolute Gasteiger partial charge is 0.310 e. The van der Waals surface area contributed by atoms with Gasteiger partial charge < -0.3 is 9.47 Å². The maximum absolute atomic E-state index is 2.45. The number of nitrogens with zero attached hydrogens (tertiary/aromatic N) is 2. The Hall–Kier alpha value is -8.20. The zero-order chi connectivity index (χ0) is 41.2. The summed E-state index contributed by atoms with van der Waals surface area (Å²) in [4.78, 5) is 2.39. The number of para-hydroxylation sites is 3. The fraction of sp³-hybridized carbons (Fsp3) is 0. The minimum atomic E-state index is 1.08. The van der Waals surface area contributed by atoms with Crippen LogP contribution < -0.4 is 4.90 Å². The Labute approximate surface area is 362 Å². The number of aromatic nitrogens is 1. The van der Waals surface area contributed by atoms with Crippen LogP contribution in [-0.4, -0.2) is 4.57 Å². The van der Waals surface area contributed by atoms with E-state index >= 15 is 0 Å². The molecular formula is C60H42N2. The van der Waals surface area contributed by atoms with Gasteiger partial charge >= 0.3 is 0 Å². The van der Waals surface area contributed by atoms with Crippen LogP contribution in [0.2, 0.25) is 0 Å². The highest BCUT2D eigenvalue weighted by molar-refractivity contribution is 6.11. The molecule has 0 aliphatic carbocycles. The van der Waals surface area contributed by atoms with Crippen LogP contribution in [0.5, 0.6) is 0 Å². The lowest BCUT2D eigenvalue weighted by Gasteiger charge is -2.27. The van der Waals surface area contributed by atoms with Crippen molar-refractivity contribution in [2.75, 3.05) is 4.90 Å². The molecule has 0 amide bonds. The molecule has 0 spiro atoms. The number of fused-ring (bicyclic) bond motifs is 3. The summed E-state index contributed by atoms with van der Waals surface area (Å²) in [5, 5.41) is 2.44. The molecule has 2 nitrogen and oxygen atoms in total. The highest BCUT2D eigenvalue weighted by Crippen LogP contribution is 2.44. The van der Waals surface area contributed by atoms with Crippen molar-refractivity contribution in [1.29, 1.82) is 0 Å². The lowest BCUT2D eigenvalue weighted by molar-refractivity contribution is 1.18. The van der Waals surface area contributed by atoms with Gasteiger partial charge in [-0.2, -0.15) is 0 Å². The summed E-state index contributed by atoms with van der Waals surface area (Å²) in [6, 6.07) is 92.1. The van der Waals surface area contributed by atoms with Crippen LogP contribution in [0, 0.1) is 0 Å². The predicted octanol–water partition coefficient (Wildman–Crippen LogP) is 16.6. The minimum Gasteiger partial charge on any atom is -0.310 e. The van der Waals surface area contributed by atoms with Gasteiger partial charge in [-0.25, -0.2) is 0 Å². The molecule has 1 aromatic heterocycles. The first kappa shape index (κ1) is 36.8. The normalized spacial score (nSPS) is 11.2. The summed E-state index contributed by atoms with van der Waals surface area (Å²) in [7, 11) is 0. The van der Waals surface area contributed by atoms with E-state index in [1.54, 1.807) is 0 Å². The first-order valence-electron chi connectivity index (χ1n) is 21.3. The van der Waals surface area contributed by atoms with Gasteiger partial charge in [0, 0.05) is 33.4 Å². The van der Waals surface area contributed by atoms with Crippen LogP contribution in [0.1, 0.15) is 0 Å². The van der Waals surface area contributed by atoms with Crippen molar-refractivity contribution in [3.63, 3.8) is 0 Å². The second-order valence-corrected chi connectivity index (χ2v) is 15.7. The Bertz CT molecular complexity index is 3300. The maximum atomic E-state index is 2.45. The van der Waals surface area contributed by atoms with E-state index < -0.39 is 0 Å². The van der Waals surface area contributed by atoms with Crippen LogP contribution in [0.4, 0.5) is 17.1 Å². The van der Waals surface area contributed by atoms with Gasteiger partial charge in [-0.3, -0.25) is 0 Å². The van der Waals surface area contributed by atoms with Gasteiger partial charge in [-0.15, -0.1) is 0 Å². The van der Waals surface area contributed by atoms with Crippen LogP contribution in [0.25, 0.3) is 83.1 Å². The van der Waals surface area contributed by atoms with E-state index in [1.165, 1.54) is 71.9 Å². The molecule has 0 fully saturated rings. The summed E-state index contributed by atoms with van der Waals surface area (Å²) in [6.07, 6.45) is 0. The van der Waals surface area contributed by atoms with Gasteiger partial charge in [0.2, 0.25) is 0 Å². The van der Waals surface area contributed by atoms with Gasteiger partial charge in [0.1, 0.15) is 0 Å². The summed E-state index contributed by atoms with van der Waals surface area (Å²) in [5.74, 6) is 0. The molecule has 2 heteroatoms. The third-order valence-electron chi connectivity index (χ3n) is 12.0. The highest BCUT2D eigenvalue weighted by Gasteiger charge is 2.20.